The minimum absolute atomic E-state index is 1.28. The van der Waals surface area contributed by atoms with Crippen molar-refractivity contribution >= 4 is 53.3 Å². The zero-order chi connectivity index (χ0) is 31.1. The second kappa shape index (κ2) is 13.5. The van der Waals surface area contributed by atoms with Crippen molar-refractivity contribution in [1.82, 2.24) is 0 Å². The van der Waals surface area contributed by atoms with Gasteiger partial charge >= 0.3 is 0 Å². The first-order chi connectivity index (χ1) is 22.1. The first-order valence-corrected chi connectivity index (χ1v) is 20.0. The summed E-state index contributed by atoms with van der Waals surface area (Å²) in [5.74, 6) is 0. The van der Waals surface area contributed by atoms with Crippen LogP contribution < -0.4 is 31.1 Å². The molecule has 0 fully saturated rings. The van der Waals surface area contributed by atoms with Crippen LogP contribution in [-0.2, 0) is 0 Å². The van der Waals surface area contributed by atoms with Gasteiger partial charge in [-0.2, -0.15) is 0 Å². The standard InChI is InChI=1S/C43H40Si2/c1-4-32-44(38-17-9-5-10-18-38,39-19-11-6-12-20-39)42-27-29-43(30-28-42)45(40-21-13-7-14-22-40,41-23-15-8-16-24-41)33-31-37-34-35(2)25-26-36(37)3/h4-34H,1-3H3. The smallest absolute Gasteiger partial charge is 0.0945 e. The monoisotopic (exact) mass is 612 g/mol. The summed E-state index contributed by atoms with van der Waals surface area (Å²) in [6.07, 6.45) is 4.63. The lowest BCUT2D eigenvalue weighted by atomic mass is 10.1. The molecule has 0 heterocycles. The van der Waals surface area contributed by atoms with Crippen molar-refractivity contribution in [3.8, 4) is 0 Å². The Morgan fingerprint density at radius 3 is 1.13 bits per heavy atom. The van der Waals surface area contributed by atoms with Crippen LogP contribution in [0.25, 0.3) is 6.08 Å². The van der Waals surface area contributed by atoms with E-state index in [-0.39, 0.29) is 0 Å². The van der Waals surface area contributed by atoms with E-state index in [4.69, 9.17) is 0 Å². The molecule has 6 aromatic carbocycles. The van der Waals surface area contributed by atoms with E-state index in [0.717, 1.165) is 0 Å². The Labute approximate surface area is 271 Å². The van der Waals surface area contributed by atoms with E-state index in [9.17, 15) is 0 Å². The Hall–Kier alpha value is -4.77. The molecule has 0 N–H and O–H groups in total. The molecule has 220 valence electrons. The van der Waals surface area contributed by atoms with E-state index in [2.05, 4.69) is 208 Å². The summed E-state index contributed by atoms with van der Waals surface area (Å²) < 4.78 is 0. The minimum Gasteiger partial charge on any atom is -0.0945 e. The number of aryl methyl sites for hydroxylation is 2. The summed E-state index contributed by atoms with van der Waals surface area (Å²) in [5, 5.41) is 8.33. The molecule has 6 aromatic rings. The Bertz CT molecular complexity index is 1810. The first kappa shape index (κ1) is 30.3. The lowest BCUT2D eigenvalue weighted by Crippen LogP contribution is -2.68. The average molecular weight is 613 g/mol. The van der Waals surface area contributed by atoms with Gasteiger partial charge in [0.05, 0.1) is 0 Å². The Kier molecular flexibility index (Phi) is 9.07. The molecule has 0 bridgehead atoms. The van der Waals surface area contributed by atoms with Gasteiger partial charge in [0.15, 0.2) is 16.1 Å². The molecule has 45 heavy (non-hydrogen) atoms. The van der Waals surface area contributed by atoms with Crippen molar-refractivity contribution in [2.24, 2.45) is 0 Å². The van der Waals surface area contributed by atoms with Gasteiger partial charge in [0.2, 0.25) is 0 Å². The van der Waals surface area contributed by atoms with Gasteiger partial charge in [0.1, 0.15) is 0 Å². The van der Waals surface area contributed by atoms with Crippen LogP contribution in [0.4, 0.5) is 0 Å². The predicted octanol–water partition coefficient (Wildman–Crippen LogP) is 6.61. The predicted molar refractivity (Wildman–Crippen MR) is 201 cm³/mol. The second-order valence-electron chi connectivity index (χ2n) is 11.9. The van der Waals surface area contributed by atoms with Crippen LogP contribution in [-0.4, -0.2) is 16.1 Å². The van der Waals surface area contributed by atoms with Crippen LogP contribution in [0.15, 0.2) is 181 Å². The maximum atomic E-state index is 2.56. The summed E-state index contributed by atoms with van der Waals surface area (Å²) >= 11 is 0. The summed E-state index contributed by atoms with van der Waals surface area (Å²) in [6.45, 7) is 6.54. The molecule has 0 unspecified atom stereocenters. The fourth-order valence-electron chi connectivity index (χ4n) is 6.78. The Morgan fingerprint density at radius 2 is 0.756 bits per heavy atom. The number of hydrogen-bond acceptors (Lipinski definition) is 0. The molecular formula is C43H40Si2. The summed E-state index contributed by atoms with van der Waals surface area (Å²) in [7, 11) is -5.02. The van der Waals surface area contributed by atoms with E-state index in [0.29, 0.717) is 0 Å². The van der Waals surface area contributed by atoms with Crippen LogP contribution in [0.3, 0.4) is 0 Å². The lowest BCUT2D eigenvalue weighted by Gasteiger charge is -2.33. The van der Waals surface area contributed by atoms with E-state index < -0.39 is 16.1 Å². The number of allylic oxidation sites excluding steroid dienone is 1. The second-order valence-corrected chi connectivity index (χ2v) is 19.2. The van der Waals surface area contributed by atoms with E-state index in [1.807, 2.05) is 0 Å². The van der Waals surface area contributed by atoms with Gasteiger partial charge < -0.3 is 0 Å². The fourth-order valence-corrected chi connectivity index (χ4v) is 15.1. The molecule has 0 aliphatic heterocycles. The highest BCUT2D eigenvalue weighted by Crippen LogP contribution is 2.17. The zero-order valence-electron chi connectivity index (χ0n) is 26.4. The molecule has 0 amide bonds. The third kappa shape index (κ3) is 5.87. The molecule has 0 radical (unpaired) electrons. The van der Waals surface area contributed by atoms with Crippen LogP contribution >= 0.6 is 0 Å². The highest BCUT2D eigenvalue weighted by Gasteiger charge is 2.40. The fraction of sp³-hybridized carbons (Fsp3) is 0.0698. The van der Waals surface area contributed by atoms with Crippen molar-refractivity contribution in [1.29, 1.82) is 0 Å². The van der Waals surface area contributed by atoms with Gasteiger partial charge in [-0.05, 0) is 63.0 Å². The Balaban J connectivity index is 1.60. The molecule has 0 saturated heterocycles. The molecule has 0 aliphatic rings. The molecular weight excluding hydrogens is 573 g/mol. The third-order valence-corrected chi connectivity index (χ3v) is 18.0. The highest BCUT2D eigenvalue weighted by molar-refractivity contribution is 7.16. The van der Waals surface area contributed by atoms with Crippen molar-refractivity contribution in [2.45, 2.75) is 20.8 Å². The average Bonchev–Trinajstić information content (AvgIpc) is 3.11. The number of hydrogen-bond donors (Lipinski definition) is 0. The van der Waals surface area contributed by atoms with Crippen molar-refractivity contribution in [3.05, 3.63) is 198 Å². The van der Waals surface area contributed by atoms with Gasteiger partial charge in [0.25, 0.3) is 0 Å². The number of benzene rings is 6. The molecule has 2 heteroatoms. The molecule has 6 rings (SSSR count). The lowest BCUT2D eigenvalue weighted by molar-refractivity contribution is 1.38. The van der Waals surface area contributed by atoms with Crippen LogP contribution in [0.2, 0.25) is 0 Å². The van der Waals surface area contributed by atoms with Crippen molar-refractivity contribution in [2.75, 3.05) is 0 Å². The van der Waals surface area contributed by atoms with Crippen molar-refractivity contribution in [3.63, 3.8) is 0 Å². The molecule has 0 atom stereocenters. The third-order valence-electron chi connectivity index (χ3n) is 9.08. The summed E-state index contributed by atoms with van der Waals surface area (Å²) in [6, 6.07) is 61.0. The Morgan fingerprint density at radius 1 is 0.400 bits per heavy atom. The quantitative estimate of drug-likeness (QED) is 0.127. The number of rotatable bonds is 9. The minimum atomic E-state index is -2.59. The van der Waals surface area contributed by atoms with E-state index in [1.54, 1.807) is 0 Å². The van der Waals surface area contributed by atoms with Gasteiger partial charge in [-0.1, -0.05) is 193 Å². The van der Waals surface area contributed by atoms with Gasteiger partial charge in [-0.15, -0.1) is 0 Å². The summed E-state index contributed by atoms with van der Waals surface area (Å²) in [5.41, 5.74) is 8.90. The SMILES string of the molecule is CC=C[Si](c1ccccc1)(c1ccccc1)c1ccc([Si](C=Cc2cc(C)ccc2C)(c2ccccc2)c2ccccc2)cc1. The van der Waals surface area contributed by atoms with Crippen molar-refractivity contribution < 1.29 is 0 Å². The van der Waals surface area contributed by atoms with Crippen LogP contribution in [0, 0.1) is 13.8 Å². The molecule has 0 nitrogen and oxygen atoms in total. The largest absolute Gasteiger partial charge is 0.172 e. The van der Waals surface area contributed by atoms with Crippen LogP contribution in [0.5, 0.6) is 0 Å². The van der Waals surface area contributed by atoms with E-state index >= 15 is 0 Å². The van der Waals surface area contributed by atoms with Crippen LogP contribution in [0.1, 0.15) is 23.6 Å². The molecule has 0 saturated carbocycles. The normalized spacial score (nSPS) is 12.2. The maximum Gasteiger partial charge on any atom is 0.172 e. The zero-order valence-corrected chi connectivity index (χ0v) is 28.4. The molecule has 0 aromatic heterocycles. The maximum absolute atomic E-state index is 2.59. The topological polar surface area (TPSA) is 0 Å². The van der Waals surface area contributed by atoms with Gasteiger partial charge in [-0.3, -0.25) is 0 Å². The van der Waals surface area contributed by atoms with Gasteiger partial charge in [-0.25, -0.2) is 0 Å². The molecule has 0 aliphatic carbocycles. The molecule has 0 spiro atoms. The highest BCUT2D eigenvalue weighted by atomic mass is 28.3. The van der Waals surface area contributed by atoms with E-state index in [1.165, 1.54) is 47.8 Å². The first-order valence-electron chi connectivity index (χ1n) is 15.8. The summed E-state index contributed by atoms with van der Waals surface area (Å²) in [4.78, 5) is 0. The van der Waals surface area contributed by atoms with Gasteiger partial charge in [0, 0.05) is 0 Å².